The van der Waals surface area contributed by atoms with Crippen LogP contribution in [0.2, 0.25) is 0 Å². The fraction of sp³-hybridized carbons (Fsp3) is 0.231. The molecular formula is C13H15N3O. The Balaban J connectivity index is 1.98. The SMILES string of the molecule is Nc1ncccc1CC(O)Cc1cccnc1. The van der Waals surface area contributed by atoms with Gasteiger partial charge in [0.2, 0.25) is 0 Å². The van der Waals surface area contributed by atoms with Crippen LogP contribution in [-0.4, -0.2) is 21.2 Å². The number of nitrogens with zero attached hydrogens (tertiary/aromatic N) is 2. The second kappa shape index (κ2) is 5.41. The maximum absolute atomic E-state index is 9.97. The normalized spacial score (nSPS) is 12.3. The quantitative estimate of drug-likeness (QED) is 0.826. The molecule has 0 radical (unpaired) electrons. The molecule has 0 amide bonds. The largest absolute Gasteiger partial charge is 0.392 e. The zero-order chi connectivity index (χ0) is 12.1. The van der Waals surface area contributed by atoms with Crippen molar-refractivity contribution in [3.8, 4) is 0 Å². The number of rotatable bonds is 4. The summed E-state index contributed by atoms with van der Waals surface area (Å²) in [6.07, 6.45) is 5.74. The molecule has 1 atom stereocenters. The molecule has 2 rings (SSSR count). The lowest BCUT2D eigenvalue weighted by atomic mass is 10.0. The standard InChI is InChI=1S/C13H15N3O/c14-13-11(4-2-6-16-13)8-12(17)7-10-3-1-5-15-9-10/h1-6,9,12,17H,7-8H2,(H2,14,16). The topological polar surface area (TPSA) is 72.0 Å². The first kappa shape index (κ1) is 11.5. The molecule has 17 heavy (non-hydrogen) atoms. The first-order valence-corrected chi connectivity index (χ1v) is 5.52. The molecule has 0 aliphatic carbocycles. The van der Waals surface area contributed by atoms with Crippen molar-refractivity contribution in [1.29, 1.82) is 0 Å². The van der Waals surface area contributed by atoms with Crippen molar-refractivity contribution in [3.63, 3.8) is 0 Å². The van der Waals surface area contributed by atoms with Crippen LogP contribution in [0, 0.1) is 0 Å². The van der Waals surface area contributed by atoms with Gasteiger partial charge in [0.25, 0.3) is 0 Å². The first-order chi connectivity index (χ1) is 8.25. The van der Waals surface area contributed by atoms with Crippen LogP contribution in [-0.2, 0) is 12.8 Å². The van der Waals surface area contributed by atoms with Gasteiger partial charge in [-0.2, -0.15) is 0 Å². The van der Waals surface area contributed by atoms with Gasteiger partial charge in [-0.05, 0) is 23.3 Å². The number of nitrogens with two attached hydrogens (primary N) is 1. The number of pyridine rings is 2. The zero-order valence-electron chi connectivity index (χ0n) is 9.45. The highest BCUT2D eigenvalue weighted by molar-refractivity contribution is 5.38. The molecule has 3 N–H and O–H groups in total. The van der Waals surface area contributed by atoms with Gasteiger partial charge in [0.05, 0.1) is 6.10 Å². The summed E-state index contributed by atoms with van der Waals surface area (Å²) in [5.74, 6) is 0.484. The summed E-state index contributed by atoms with van der Waals surface area (Å²) >= 11 is 0. The molecular weight excluding hydrogens is 214 g/mol. The van der Waals surface area contributed by atoms with Crippen molar-refractivity contribution < 1.29 is 5.11 Å². The lowest BCUT2D eigenvalue weighted by Gasteiger charge is -2.11. The van der Waals surface area contributed by atoms with Crippen molar-refractivity contribution in [2.24, 2.45) is 0 Å². The van der Waals surface area contributed by atoms with E-state index >= 15 is 0 Å². The smallest absolute Gasteiger partial charge is 0.126 e. The minimum Gasteiger partial charge on any atom is -0.392 e. The molecule has 0 saturated carbocycles. The number of hydrogen-bond donors (Lipinski definition) is 2. The summed E-state index contributed by atoms with van der Waals surface area (Å²) in [5.41, 5.74) is 7.62. The number of aliphatic hydroxyl groups excluding tert-OH is 1. The second-order valence-electron chi connectivity index (χ2n) is 3.97. The van der Waals surface area contributed by atoms with Gasteiger partial charge in [-0.3, -0.25) is 4.98 Å². The van der Waals surface area contributed by atoms with E-state index in [1.165, 1.54) is 0 Å². The van der Waals surface area contributed by atoms with Gasteiger partial charge in [-0.1, -0.05) is 12.1 Å². The van der Waals surface area contributed by atoms with Gasteiger partial charge in [0, 0.05) is 31.4 Å². The van der Waals surface area contributed by atoms with Crippen LogP contribution in [0.5, 0.6) is 0 Å². The Bertz CT molecular complexity index is 473. The van der Waals surface area contributed by atoms with Gasteiger partial charge in [-0.25, -0.2) is 4.98 Å². The van der Waals surface area contributed by atoms with E-state index in [0.717, 1.165) is 11.1 Å². The predicted octanol–water partition coefficient (Wildman–Crippen LogP) is 1.20. The molecule has 4 heteroatoms. The van der Waals surface area contributed by atoms with Crippen molar-refractivity contribution in [1.82, 2.24) is 9.97 Å². The van der Waals surface area contributed by atoms with Crippen molar-refractivity contribution >= 4 is 5.82 Å². The highest BCUT2D eigenvalue weighted by Gasteiger charge is 2.09. The van der Waals surface area contributed by atoms with Crippen LogP contribution >= 0.6 is 0 Å². The summed E-state index contributed by atoms with van der Waals surface area (Å²) < 4.78 is 0. The molecule has 0 bridgehead atoms. The molecule has 0 saturated heterocycles. The molecule has 1 unspecified atom stereocenters. The lowest BCUT2D eigenvalue weighted by Crippen LogP contribution is -2.15. The van der Waals surface area contributed by atoms with Gasteiger partial charge < -0.3 is 10.8 Å². The monoisotopic (exact) mass is 229 g/mol. The maximum Gasteiger partial charge on any atom is 0.126 e. The summed E-state index contributed by atoms with van der Waals surface area (Å²) in [5, 5.41) is 9.97. The van der Waals surface area contributed by atoms with E-state index in [4.69, 9.17) is 5.73 Å². The van der Waals surface area contributed by atoms with Gasteiger partial charge in [0.15, 0.2) is 0 Å². The Kier molecular flexibility index (Phi) is 3.67. The molecule has 2 aromatic heterocycles. The minimum atomic E-state index is -0.467. The molecule has 4 nitrogen and oxygen atoms in total. The lowest BCUT2D eigenvalue weighted by molar-refractivity contribution is 0.175. The van der Waals surface area contributed by atoms with Crippen LogP contribution in [0.25, 0.3) is 0 Å². The fourth-order valence-electron chi connectivity index (χ4n) is 1.74. The average molecular weight is 229 g/mol. The highest BCUT2D eigenvalue weighted by Crippen LogP contribution is 2.12. The molecule has 0 aliphatic rings. The van der Waals surface area contributed by atoms with Crippen LogP contribution in [0.1, 0.15) is 11.1 Å². The van der Waals surface area contributed by atoms with Crippen LogP contribution in [0.15, 0.2) is 42.9 Å². The fourth-order valence-corrected chi connectivity index (χ4v) is 1.74. The van der Waals surface area contributed by atoms with Crippen LogP contribution < -0.4 is 5.73 Å². The van der Waals surface area contributed by atoms with E-state index < -0.39 is 6.10 Å². The summed E-state index contributed by atoms with van der Waals surface area (Å²) in [4.78, 5) is 8.01. The van der Waals surface area contributed by atoms with Gasteiger partial charge >= 0.3 is 0 Å². The van der Waals surface area contributed by atoms with E-state index in [2.05, 4.69) is 9.97 Å². The van der Waals surface area contributed by atoms with Crippen LogP contribution in [0.3, 0.4) is 0 Å². The Hall–Kier alpha value is -1.94. The molecule has 2 heterocycles. The summed E-state index contributed by atoms with van der Waals surface area (Å²) in [6, 6.07) is 7.51. The molecule has 0 aliphatic heterocycles. The van der Waals surface area contributed by atoms with E-state index in [1.54, 1.807) is 18.6 Å². The third-order valence-corrected chi connectivity index (χ3v) is 2.58. The highest BCUT2D eigenvalue weighted by atomic mass is 16.3. The van der Waals surface area contributed by atoms with E-state index in [-0.39, 0.29) is 0 Å². The first-order valence-electron chi connectivity index (χ1n) is 5.52. The Morgan fingerprint density at radius 2 is 2.00 bits per heavy atom. The number of hydrogen-bond acceptors (Lipinski definition) is 4. The number of anilines is 1. The van der Waals surface area contributed by atoms with E-state index in [9.17, 15) is 5.11 Å². The zero-order valence-corrected chi connectivity index (χ0v) is 9.45. The van der Waals surface area contributed by atoms with E-state index in [0.29, 0.717) is 18.7 Å². The molecule has 0 spiro atoms. The Morgan fingerprint density at radius 3 is 2.71 bits per heavy atom. The second-order valence-corrected chi connectivity index (χ2v) is 3.97. The summed E-state index contributed by atoms with van der Waals surface area (Å²) in [7, 11) is 0. The average Bonchev–Trinajstić information content (AvgIpc) is 2.33. The molecule has 88 valence electrons. The minimum absolute atomic E-state index is 0.467. The number of aliphatic hydroxyl groups is 1. The van der Waals surface area contributed by atoms with Crippen LogP contribution in [0.4, 0.5) is 5.82 Å². The molecule has 2 aromatic rings. The number of nitrogen functional groups attached to an aromatic ring is 1. The Morgan fingerprint density at radius 1 is 1.18 bits per heavy atom. The maximum atomic E-state index is 9.97. The van der Waals surface area contributed by atoms with E-state index in [1.807, 2.05) is 24.3 Å². The molecule has 0 fully saturated rings. The van der Waals surface area contributed by atoms with Crippen molar-refractivity contribution in [2.45, 2.75) is 18.9 Å². The third-order valence-electron chi connectivity index (χ3n) is 2.58. The number of aromatic nitrogens is 2. The Labute approximate surface area is 100 Å². The van der Waals surface area contributed by atoms with Gasteiger partial charge in [0.1, 0.15) is 5.82 Å². The van der Waals surface area contributed by atoms with Crippen molar-refractivity contribution in [2.75, 3.05) is 5.73 Å². The van der Waals surface area contributed by atoms with Gasteiger partial charge in [-0.15, -0.1) is 0 Å². The third kappa shape index (κ3) is 3.26. The summed E-state index contributed by atoms with van der Waals surface area (Å²) in [6.45, 7) is 0. The predicted molar refractivity (Wildman–Crippen MR) is 66.3 cm³/mol. The molecule has 0 aromatic carbocycles. The van der Waals surface area contributed by atoms with Crippen molar-refractivity contribution in [3.05, 3.63) is 54.0 Å².